The van der Waals surface area contributed by atoms with Crippen molar-refractivity contribution in [2.45, 2.75) is 33.4 Å². The topological polar surface area (TPSA) is 32.3 Å². The number of hydrogen-bond donors (Lipinski definition) is 2. The summed E-state index contributed by atoms with van der Waals surface area (Å²) in [5, 5.41) is 13.1. The molecule has 0 radical (unpaired) electrons. The minimum atomic E-state index is -0.305. The van der Waals surface area contributed by atoms with Crippen LogP contribution in [0.4, 0.5) is 0 Å². The molecule has 1 unspecified atom stereocenters. The van der Waals surface area contributed by atoms with Gasteiger partial charge in [-0.05, 0) is 33.5 Å². The molecule has 0 fully saturated rings. The molecule has 15 heavy (non-hydrogen) atoms. The molecule has 1 aromatic rings. The summed E-state index contributed by atoms with van der Waals surface area (Å²) in [6.45, 7) is 7.59. The third-order valence-corrected chi connectivity index (χ3v) is 3.89. The summed E-state index contributed by atoms with van der Waals surface area (Å²) < 4.78 is 1.15. The van der Waals surface area contributed by atoms with Crippen molar-refractivity contribution in [3.63, 3.8) is 0 Å². The van der Waals surface area contributed by atoms with E-state index in [1.54, 1.807) is 11.3 Å². The normalized spacial score (nSPS) is 14.2. The van der Waals surface area contributed by atoms with E-state index in [0.717, 1.165) is 10.3 Å². The van der Waals surface area contributed by atoms with Gasteiger partial charge in [0.2, 0.25) is 0 Å². The van der Waals surface area contributed by atoms with Crippen molar-refractivity contribution < 1.29 is 5.11 Å². The SMILES string of the molecule is CC(C)(C)C(O)CNCc1ccc(Br)s1. The van der Waals surface area contributed by atoms with Gasteiger partial charge in [0.25, 0.3) is 0 Å². The van der Waals surface area contributed by atoms with Crippen molar-refractivity contribution in [1.82, 2.24) is 5.32 Å². The fourth-order valence-corrected chi connectivity index (χ4v) is 2.54. The van der Waals surface area contributed by atoms with Crippen LogP contribution in [-0.2, 0) is 6.54 Å². The van der Waals surface area contributed by atoms with Crippen LogP contribution in [0.15, 0.2) is 15.9 Å². The summed E-state index contributed by atoms with van der Waals surface area (Å²) in [6.07, 6.45) is -0.305. The number of aliphatic hydroxyl groups is 1. The molecular weight excluding hydrogens is 274 g/mol. The predicted octanol–water partition coefficient (Wildman–Crippen LogP) is 3.01. The summed E-state index contributed by atoms with van der Waals surface area (Å²) in [5.41, 5.74) is -0.0525. The van der Waals surface area contributed by atoms with E-state index >= 15 is 0 Å². The zero-order chi connectivity index (χ0) is 11.5. The summed E-state index contributed by atoms with van der Waals surface area (Å²) in [4.78, 5) is 1.28. The van der Waals surface area contributed by atoms with Gasteiger partial charge in [-0.15, -0.1) is 11.3 Å². The quantitative estimate of drug-likeness (QED) is 0.894. The van der Waals surface area contributed by atoms with Gasteiger partial charge in [0.05, 0.1) is 9.89 Å². The Hall–Kier alpha value is 0.1000. The molecule has 2 nitrogen and oxygen atoms in total. The maximum atomic E-state index is 9.80. The largest absolute Gasteiger partial charge is 0.391 e. The van der Waals surface area contributed by atoms with Crippen LogP contribution in [0.3, 0.4) is 0 Å². The summed E-state index contributed by atoms with van der Waals surface area (Å²) >= 11 is 5.15. The molecule has 0 aliphatic heterocycles. The van der Waals surface area contributed by atoms with E-state index in [4.69, 9.17) is 0 Å². The molecule has 0 spiro atoms. The zero-order valence-electron chi connectivity index (χ0n) is 9.38. The Morgan fingerprint density at radius 2 is 2.13 bits per heavy atom. The molecule has 4 heteroatoms. The molecule has 2 N–H and O–H groups in total. The van der Waals surface area contributed by atoms with E-state index in [1.807, 2.05) is 26.8 Å². The van der Waals surface area contributed by atoms with Gasteiger partial charge in [-0.3, -0.25) is 0 Å². The Kier molecular flexibility index (Phi) is 4.77. The molecule has 86 valence electrons. The van der Waals surface area contributed by atoms with E-state index < -0.39 is 0 Å². The smallest absolute Gasteiger partial charge is 0.0712 e. The number of thiophene rings is 1. The van der Waals surface area contributed by atoms with Gasteiger partial charge in [-0.1, -0.05) is 20.8 Å². The number of nitrogens with one attached hydrogen (secondary N) is 1. The Morgan fingerprint density at radius 3 is 2.60 bits per heavy atom. The molecule has 1 heterocycles. The lowest BCUT2D eigenvalue weighted by Crippen LogP contribution is -2.36. The van der Waals surface area contributed by atoms with Gasteiger partial charge >= 0.3 is 0 Å². The van der Waals surface area contributed by atoms with Crippen molar-refractivity contribution >= 4 is 27.3 Å². The summed E-state index contributed by atoms with van der Waals surface area (Å²) in [5.74, 6) is 0. The highest BCUT2D eigenvalue weighted by Gasteiger charge is 2.21. The highest BCUT2D eigenvalue weighted by atomic mass is 79.9. The fourth-order valence-electron chi connectivity index (χ4n) is 1.09. The van der Waals surface area contributed by atoms with Crippen LogP contribution >= 0.6 is 27.3 Å². The van der Waals surface area contributed by atoms with Gasteiger partial charge in [0.15, 0.2) is 0 Å². The van der Waals surface area contributed by atoms with Gasteiger partial charge in [-0.25, -0.2) is 0 Å². The number of hydrogen-bond acceptors (Lipinski definition) is 3. The second-order valence-electron chi connectivity index (χ2n) is 4.72. The van der Waals surface area contributed by atoms with Crippen LogP contribution in [0.2, 0.25) is 0 Å². The zero-order valence-corrected chi connectivity index (χ0v) is 11.8. The maximum absolute atomic E-state index is 9.80. The molecule has 0 amide bonds. The first-order chi connectivity index (χ1) is 6.89. The van der Waals surface area contributed by atoms with Crippen molar-refractivity contribution in [3.05, 3.63) is 20.8 Å². The molecule has 0 aliphatic rings. The molecule has 0 saturated heterocycles. The van der Waals surface area contributed by atoms with Crippen LogP contribution in [0.1, 0.15) is 25.6 Å². The third-order valence-electron chi connectivity index (χ3n) is 2.27. The second-order valence-corrected chi connectivity index (χ2v) is 7.27. The molecule has 1 atom stereocenters. The molecule has 0 aliphatic carbocycles. The van der Waals surface area contributed by atoms with E-state index in [0.29, 0.717) is 6.54 Å². The highest BCUT2D eigenvalue weighted by molar-refractivity contribution is 9.11. The molecule has 1 rings (SSSR count). The van der Waals surface area contributed by atoms with E-state index in [9.17, 15) is 5.11 Å². The second kappa shape index (κ2) is 5.43. The molecular formula is C11H18BrNOS. The Morgan fingerprint density at radius 1 is 1.47 bits per heavy atom. The molecule has 0 saturated carbocycles. The third kappa shape index (κ3) is 4.64. The van der Waals surface area contributed by atoms with Gasteiger partial charge < -0.3 is 10.4 Å². The van der Waals surface area contributed by atoms with Gasteiger partial charge in [0.1, 0.15) is 0 Å². The van der Waals surface area contributed by atoms with Crippen molar-refractivity contribution in [3.8, 4) is 0 Å². The lowest BCUT2D eigenvalue weighted by molar-refractivity contribution is 0.0628. The van der Waals surface area contributed by atoms with Gasteiger partial charge in [-0.2, -0.15) is 0 Å². The van der Waals surface area contributed by atoms with E-state index in [2.05, 4.69) is 27.3 Å². The minimum Gasteiger partial charge on any atom is -0.391 e. The standard InChI is InChI=1S/C11H18BrNOS/c1-11(2,3)9(14)7-13-6-8-4-5-10(12)15-8/h4-5,9,13-14H,6-7H2,1-3H3. The molecule has 0 aromatic carbocycles. The van der Waals surface area contributed by atoms with Crippen molar-refractivity contribution in [1.29, 1.82) is 0 Å². The Balaban J connectivity index is 2.28. The first-order valence-corrected chi connectivity index (χ1v) is 6.63. The fraction of sp³-hybridized carbons (Fsp3) is 0.636. The summed E-state index contributed by atoms with van der Waals surface area (Å²) in [6, 6.07) is 4.13. The van der Waals surface area contributed by atoms with Crippen molar-refractivity contribution in [2.75, 3.05) is 6.54 Å². The highest BCUT2D eigenvalue weighted by Crippen LogP contribution is 2.22. The first-order valence-electron chi connectivity index (χ1n) is 5.02. The molecule has 1 aromatic heterocycles. The lowest BCUT2D eigenvalue weighted by Gasteiger charge is -2.25. The first kappa shape index (κ1) is 13.2. The lowest BCUT2D eigenvalue weighted by atomic mass is 9.89. The number of halogens is 1. The minimum absolute atomic E-state index is 0.0525. The van der Waals surface area contributed by atoms with Crippen molar-refractivity contribution in [2.24, 2.45) is 5.41 Å². The number of rotatable bonds is 4. The molecule has 0 bridgehead atoms. The maximum Gasteiger partial charge on any atom is 0.0712 e. The Labute approximate surface area is 104 Å². The average Bonchev–Trinajstić information content (AvgIpc) is 2.49. The van der Waals surface area contributed by atoms with Crippen LogP contribution in [0.5, 0.6) is 0 Å². The van der Waals surface area contributed by atoms with Crippen LogP contribution in [0.25, 0.3) is 0 Å². The van der Waals surface area contributed by atoms with Gasteiger partial charge in [0, 0.05) is 18.0 Å². The Bertz CT molecular complexity index is 306. The summed E-state index contributed by atoms with van der Waals surface area (Å²) in [7, 11) is 0. The van der Waals surface area contributed by atoms with E-state index in [1.165, 1.54) is 4.88 Å². The van der Waals surface area contributed by atoms with Crippen LogP contribution < -0.4 is 5.32 Å². The van der Waals surface area contributed by atoms with Crippen LogP contribution in [0, 0.1) is 5.41 Å². The predicted molar refractivity (Wildman–Crippen MR) is 69.2 cm³/mol. The average molecular weight is 292 g/mol. The monoisotopic (exact) mass is 291 g/mol. The number of aliphatic hydroxyl groups excluding tert-OH is 1. The van der Waals surface area contributed by atoms with E-state index in [-0.39, 0.29) is 11.5 Å². The van der Waals surface area contributed by atoms with Crippen LogP contribution in [-0.4, -0.2) is 17.8 Å².